The van der Waals surface area contributed by atoms with Gasteiger partial charge in [0.1, 0.15) is 5.82 Å². The summed E-state index contributed by atoms with van der Waals surface area (Å²) in [5, 5.41) is 3.14. The van der Waals surface area contributed by atoms with E-state index in [1.54, 1.807) is 0 Å². The SMILES string of the molecule is CCC(C)c1ccc(Cn2c(C(C)NC(=O)c3cccc(C)c3)nc3ccccc32)cc1. The van der Waals surface area contributed by atoms with Crippen LogP contribution >= 0.6 is 0 Å². The zero-order chi connectivity index (χ0) is 22.7. The van der Waals surface area contributed by atoms with Crippen LogP contribution in [0.1, 0.15) is 72.0 Å². The third-order valence-corrected chi connectivity index (χ3v) is 6.20. The molecular weight excluding hydrogens is 394 g/mol. The Bertz CT molecular complexity index is 1220. The average molecular weight is 426 g/mol. The molecule has 32 heavy (non-hydrogen) atoms. The third-order valence-electron chi connectivity index (χ3n) is 6.20. The number of hydrogen-bond donors (Lipinski definition) is 1. The van der Waals surface area contributed by atoms with Crippen LogP contribution in [0.15, 0.2) is 72.8 Å². The van der Waals surface area contributed by atoms with Crippen molar-refractivity contribution in [2.24, 2.45) is 0 Å². The molecule has 2 unspecified atom stereocenters. The number of aryl methyl sites for hydroxylation is 1. The van der Waals surface area contributed by atoms with Gasteiger partial charge in [-0.1, -0.05) is 67.9 Å². The lowest BCUT2D eigenvalue weighted by atomic mass is 9.97. The highest BCUT2D eigenvalue weighted by atomic mass is 16.1. The second-order valence-electron chi connectivity index (χ2n) is 8.66. The lowest BCUT2D eigenvalue weighted by Crippen LogP contribution is -2.29. The minimum Gasteiger partial charge on any atom is -0.342 e. The Morgan fingerprint density at radius 2 is 1.75 bits per heavy atom. The smallest absolute Gasteiger partial charge is 0.251 e. The van der Waals surface area contributed by atoms with Crippen LogP contribution in [-0.2, 0) is 6.54 Å². The number of rotatable bonds is 7. The molecule has 0 saturated carbocycles. The van der Waals surface area contributed by atoms with Crippen molar-refractivity contribution >= 4 is 16.9 Å². The largest absolute Gasteiger partial charge is 0.342 e. The minimum atomic E-state index is -0.227. The standard InChI is InChI=1S/C28H31N3O/c1-5-20(3)23-15-13-22(14-16-23)18-31-26-12-7-6-11-25(26)30-27(31)21(4)29-28(32)24-10-8-9-19(2)17-24/h6-17,20-21H,5,18H2,1-4H3,(H,29,32). The van der Waals surface area contributed by atoms with E-state index in [4.69, 9.17) is 4.98 Å². The van der Waals surface area contributed by atoms with Crippen molar-refractivity contribution in [1.29, 1.82) is 0 Å². The topological polar surface area (TPSA) is 46.9 Å². The molecule has 1 N–H and O–H groups in total. The van der Waals surface area contributed by atoms with Crippen molar-refractivity contribution in [1.82, 2.24) is 14.9 Å². The summed E-state index contributed by atoms with van der Waals surface area (Å²) in [7, 11) is 0. The molecular formula is C28H31N3O. The summed E-state index contributed by atoms with van der Waals surface area (Å²) in [6, 6.07) is 24.4. The number of benzene rings is 3. The molecule has 2 atom stereocenters. The molecule has 164 valence electrons. The van der Waals surface area contributed by atoms with E-state index < -0.39 is 0 Å². The maximum atomic E-state index is 12.8. The van der Waals surface area contributed by atoms with Crippen LogP contribution in [0.4, 0.5) is 0 Å². The van der Waals surface area contributed by atoms with Gasteiger partial charge < -0.3 is 9.88 Å². The van der Waals surface area contributed by atoms with Crippen LogP contribution < -0.4 is 5.32 Å². The van der Waals surface area contributed by atoms with Gasteiger partial charge in [0.25, 0.3) is 5.91 Å². The molecule has 4 heteroatoms. The van der Waals surface area contributed by atoms with Crippen LogP contribution in [0.25, 0.3) is 11.0 Å². The fourth-order valence-corrected chi connectivity index (χ4v) is 4.09. The lowest BCUT2D eigenvalue weighted by molar-refractivity contribution is 0.0937. The number of fused-ring (bicyclic) bond motifs is 1. The fourth-order valence-electron chi connectivity index (χ4n) is 4.09. The number of carbonyl (C=O) groups excluding carboxylic acids is 1. The van der Waals surface area contributed by atoms with Gasteiger partial charge in [-0.2, -0.15) is 0 Å². The molecule has 0 saturated heterocycles. The number of amides is 1. The Morgan fingerprint density at radius 1 is 1.00 bits per heavy atom. The molecule has 0 aliphatic carbocycles. The van der Waals surface area contributed by atoms with E-state index in [0.29, 0.717) is 18.0 Å². The normalized spacial score (nSPS) is 13.1. The summed E-state index contributed by atoms with van der Waals surface area (Å²) in [5.74, 6) is 1.33. The van der Waals surface area contributed by atoms with E-state index in [1.807, 2.05) is 56.3 Å². The van der Waals surface area contributed by atoms with Gasteiger partial charge in [-0.25, -0.2) is 4.98 Å². The zero-order valence-corrected chi connectivity index (χ0v) is 19.3. The monoisotopic (exact) mass is 425 g/mol. The fraction of sp³-hybridized carbons (Fsp3) is 0.286. The second-order valence-corrected chi connectivity index (χ2v) is 8.66. The molecule has 4 nitrogen and oxygen atoms in total. The van der Waals surface area contributed by atoms with Crippen molar-refractivity contribution in [2.45, 2.75) is 52.6 Å². The number of aromatic nitrogens is 2. The van der Waals surface area contributed by atoms with Crippen molar-refractivity contribution in [3.63, 3.8) is 0 Å². The van der Waals surface area contributed by atoms with E-state index in [0.717, 1.165) is 28.8 Å². The van der Waals surface area contributed by atoms with Crippen molar-refractivity contribution in [3.05, 3.63) is 101 Å². The molecule has 0 spiro atoms. The summed E-state index contributed by atoms with van der Waals surface area (Å²) in [5.41, 5.74) is 6.34. The third kappa shape index (κ3) is 4.59. The van der Waals surface area contributed by atoms with Crippen LogP contribution in [0.5, 0.6) is 0 Å². The Kier molecular flexibility index (Phi) is 6.40. The first kappa shape index (κ1) is 21.8. The van der Waals surface area contributed by atoms with Gasteiger partial charge in [0, 0.05) is 12.1 Å². The number of nitrogens with zero attached hydrogens (tertiary/aromatic N) is 2. The van der Waals surface area contributed by atoms with Crippen LogP contribution in [0, 0.1) is 6.92 Å². The molecule has 4 aromatic rings. The molecule has 3 aromatic carbocycles. The average Bonchev–Trinajstić information content (AvgIpc) is 3.17. The summed E-state index contributed by atoms with van der Waals surface area (Å²) >= 11 is 0. The molecule has 0 radical (unpaired) electrons. The molecule has 1 amide bonds. The zero-order valence-electron chi connectivity index (χ0n) is 19.3. The molecule has 1 heterocycles. The quantitative estimate of drug-likeness (QED) is 0.372. The number of nitrogens with one attached hydrogen (secondary N) is 1. The van der Waals surface area contributed by atoms with E-state index in [-0.39, 0.29) is 11.9 Å². The van der Waals surface area contributed by atoms with Crippen molar-refractivity contribution in [3.8, 4) is 0 Å². The Labute approximate surface area is 190 Å². The summed E-state index contributed by atoms with van der Waals surface area (Å²) in [4.78, 5) is 17.7. The van der Waals surface area contributed by atoms with E-state index >= 15 is 0 Å². The van der Waals surface area contributed by atoms with E-state index in [2.05, 4.69) is 54.1 Å². The first-order chi connectivity index (χ1) is 15.5. The predicted octanol–water partition coefficient (Wildman–Crippen LogP) is 6.40. The highest BCUT2D eigenvalue weighted by Gasteiger charge is 2.19. The first-order valence-corrected chi connectivity index (χ1v) is 11.4. The van der Waals surface area contributed by atoms with Crippen LogP contribution in [0.3, 0.4) is 0 Å². The maximum absolute atomic E-state index is 12.8. The van der Waals surface area contributed by atoms with Crippen LogP contribution in [0.2, 0.25) is 0 Å². The van der Waals surface area contributed by atoms with E-state index in [1.165, 1.54) is 11.1 Å². The summed E-state index contributed by atoms with van der Waals surface area (Å²) < 4.78 is 2.22. The first-order valence-electron chi connectivity index (χ1n) is 11.4. The maximum Gasteiger partial charge on any atom is 0.251 e. The van der Waals surface area contributed by atoms with Gasteiger partial charge in [-0.15, -0.1) is 0 Å². The van der Waals surface area contributed by atoms with Gasteiger partial charge in [-0.3, -0.25) is 4.79 Å². The summed E-state index contributed by atoms with van der Waals surface area (Å²) in [6.07, 6.45) is 1.13. The second kappa shape index (κ2) is 9.39. The van der Waals surface area contributed by atoms with Crippen LogP contribution in [-0.4, -0.2) is 15.5 Å². The van der Waals surface area contributed by atoms with Gasteiger partial charge in [0.2, 0.25) is 0 Å². The molecule has 0 fully saturated rings. The molecule has 0 bridgehead atoms. The molecule has 1 aromatic heterocycles. The molecule has 0 aliphatic heterocycles. The number of hydrogen-bond acceptors (Lipinski definition) is 2. The van der Waals surface area contributed by atoms with Gasteiger partial charge in [0.15, 0.2) is 0 Å². The van der Waals surface area contributed by atoms with E-state index in [9.17, 15) is 4.79 Å². The lowest BCUT2D eigenvalue weighted by Gasteiger charge is -2.17. The Morgan fingerprint density at radius 3 is 2.47 bits per heavy atom. The number of para-hydroxylation sites is 2. The highest BCUT2D eigenvalue weighted by Crippen LogP contribution is 2.24. The van der Waals surface area contributed by atoms with Crippen molar-refractivity contribution < 1.29 is 4.79 Å². The van der Waals surface area contributed by atoms with Gasteiger partial charge >= 0.3 is 0 Å². The molecule has 4 rings (SSSR count). The molecule has 0 aliphatic rings. The number of imidazole rings is 1. The van der Waals surface area contributed by atoms with Gasteiger partial charge in [0.05, 0.1) is 17.1 Å². The predicted molar refractivity (Wildman–Crippen MR) is 131 cm³/mol. The highest BCUT2D eigenvalue weighted by molar-refractivity contribution is 5.94. The summed E-state index contributed by atoms with van der Waals surface area (Å²) in [6.45, 7) is 9.18. The van der Waals surface area contributed by atoms with Gasteiger partial charge in [-0.05, 0) is 61.6 Å². The number of carbonyl (C=O) groups is 1. The Balaban J connectivity index is 1.63. The minimum absolute atomic E-state index is 0.0855. The Hall–Kier alpha value is -3.40. The van der Waals surface area contributed by atoms with Crippen molar-refractivity contribution in [2.75, 3.05) is 0 Å².